The molecule has 2 N–H and O–H groups in total. The maximum Gasteiger partial charge on any atom is 0.203 e. The van der Waals surface area contributed by atoms with Gasteiger partial charge in [-0.3, -0.25) is 4.79 Å². The first-order valence-corrected chi connectivity index (χ1v) is 6.34. The van der Waals surface area contributed by atoms with Crippen molar-refractivity contribution in [2.24, 2.45) is 0 Å². The number of halogens is 1. The molecule has 3 rings (SSSR count). The number of phenolic OH excluding ortho intramolecular Hbond substituents is 2. The molecule has 3 aromatic rings. The van der Waals surface area contributed by atoms with Crippen molar-refractivity contribution in [1.29, 1.82) is 0 Å². The number of hydrogen-bond acceptors (Lipinski definition) is 5. The molecule has 0 aliphatic rings. The third kappa shape index (κ3) is 2.05. The monoisotopic (exact) mass is 302 g/mol. The molecule has 1 heterocycles. The highest BCUT2D eigenvalue weighted by Gasteiger charge is 2.19. The molecule has 0 spiro atoms. The Hall–Kier alpha value is -3.02. The van der Waals surface area contributed by atoms with Crippen molar-refractivity contribution < 1.29 is 23.8 Å². The van der Waals surface area contributed by atoms with E-state index in [0.29, 0.717) is 0 Å². The molecule has 0 bridgehead atoms. The van der Waals surface area contributed by atoms with Gasteiger partial charge in [0.25, 0.3) is 0 Å². The van der Waals surface area contributed by atoms with Crippen LogP contribution in [0.1, 0.15) is 0 Å². The van der Waals surface area contributed by atoms with Gasteiger partial charge in [-0.15, -0.1) is 0 Å². The molecular weight excluding hydrogens is 291 g/mol. The Morgan fingerprint density at radius 3 is 2.59 bits per heavy atom. The van der Waals surface area contributed by atoms with Crippen molar-refractivity contribution >= 4 is 11.0 Å². The van der Waals surface area contributed by atoms with Crippen LogP contribution in [0, 0.1) is 5.82 Å². The van der Waals surface area contributed by atoms with Crippen molar-refractivity contribution in [2.45, 2.75) is 0 Å². The first-order valence-electron chi connectivity index (χ1n) is 6.34. The first kappa shape index (κ1) is 13.9. The Bertz CT molecular complexity index is 930. The molecule has 0 radical (unpaired) electrons. The predicted octanol–water partition coefficient (Wildman–Crippen LogP) is 3.02. The predicted molar refractivity (Wildman–Crippen MR) is 77.8 cm³/mol. The molecule has 0 aliphatic carbocycles. The summed E-state index contributed by atoms with van der Waals surface area (Å²) in [6.07, 6.45) is 0. The molecule has 0 unspecified atom stereocenters. The van der Waals surface area contributed by atoms with Crippen LogP contribution in [0.3, 0.4) is 0 Å². The SMILES string of the molecule is COc1c(O)cc2oc(-c3ccccc3F)cc(=O)c2c1O. The van der Waals surface area contributed by atoms with Crippen LogP contribution >= 0.6 is 0 Å². The van der Waals surface area contributed by atoms with Gasteiger partial charge >= 0.3 is 0 Å². The van der Waals surface area contributed by atoms with Crippen molar-refractivity contribution in [1.82, 2.24) is 0 Å². The average molecular weight is 302 g/mol. The Labute approximate surface area is 123 Å². The third-order valence-corrected chi connectivity index (χ3v) is 3.27. The Morgan fingerprint density at radius 2 is 1.91 bits per heavy atom. The van der Waals surface area contributed by atoms with Gasteiger partial charge in [-0.2, -0.15) is 0 Å². The van der Waals surface area contributed by atoms with Crippen molar-refractivity contribution in [3.05, 3.63) is 52.4 Å². The lowest BCUT2D eigenvalue weighted by atomic mass is 10.1. The summed E-state index contributed by atoms with van der Waals surface area (Å²) in [5.74, 6) is -1.68. The standard InChI is InChI=1S/C16H11FO5/c1-21-16-11(19)7-13-14(15(16)20)10(18)6-12(22-13)8-4-2-3-5-9(8)17/h2-7,19-20H,1H3. The van der Waals surface area contributed by atoms with Gasteiger partial charge in [0.05, 0.1) is 12.7 Å². The Kier molecular flexibility index (Phi) is 3.21. The number of hydrogen-bond donors (Lipinski definition) is 2. The Morgan fingerprint density at radius 1 is 1.18 bits per heavy atom. The number of benzene rings is 2. The van der Waals surface area contributed by atoms with Crippen molar-refractivity contribution in [3.8, 4) is 28.6 Å². The molecule has 2 aromatic carbocycles. The molecule has 0 fully saturated rings. The summed E-state index contributed by atoms with van der Waals surface area (Å²) in [7, 11) is 1.25. The lowest BCUT2D eigenvalue weighted by molar-refractivity contribution is 0.346. The summed E-state index contributed by atoms with van der Waals surface area (Å²) in [6, 6.07) is 8.04. The molecule has 0 atom stereocenters. The van der Waals surface area contributed by atoms with Crippen molar-refractivity contribution in [3.63, 3.8) is 0 Å². The molecule has 1 aromatic heterocycles. The van der Waals surface area contributed by atoms with Crippen LogP contribution < -0.4 is 10.2 Å². The highest BCUT2D eigenvalue weighted by molar-refractivity contribution is 5.89. The van der Waals surface area contributed by atoms with E-state index in [1.54, 1.807) is 6.07 Å². The summed E-state index contributed by atoms with van der Waals surface area (Å²) in [5, 5.41) is 19.6. The number of fused-ring (bicyclic) bond motifs is 1. The van der Waals surface area contributed by atoms with Gasteiger partial charge in [-0.25, -0.2) is 4.39 Å². The molecular formula is C16H11FO5. The number of phenols is 2. The van der Waals surface area contributed by atoms with E-state index in [-0.39, 0.29) is 33.8 Å². The molecule has 0 aliphatic heterocycles. The summed E-state index contributed by atoms with van der Waals surface area (Å²) in [6.45, 7) is 0. The zero-order valence-electron chi connectivity index (χ0n) is 11.5. The van der Waals surface area contributed by atoms with Crippen LogP contribution in [0.2, 0.25) is 0 Å². The second kappa shape index (κ2) is 5.07. The minimum absolute atomic E-state index is 0.000401. The van der Waals surface area contributed by atoms with E-state index in [1.165, 1.54) is 25.3 Å². The largest absolute Gasteiger partial charge is 0.504 e. The lowest BCUT2D eigenvalue weighted by Gasteiger charge is -2.09. The highest BCUT2D eigenvalue weighted by atomic mass is 19.1. The maximum atomic E-state index is 13.8. The number of rotatable bonds is 2. The minimum atomic E-state index is -0.574. The summed E-state index contributed by atoms with van der Waals surface area (Å²) >= 11 is 0. The highest BCUT2D eigenvalue weighted by Crippen LogP contribution is 2.41. The van der Waals surface area contributed by atoms with E-state index in [9.17, 15) is 19.4 Å². The molecule has 5 nitrogen and oxygen atoms in total. The summed E-state index contributed by atoms with van der Waals surface area (Å²) < 4.78 is 24.1. The molecule has 0 saturated carbocycles. The van der Waals surface area contributed by atoms with Crippen LogP contribution in [-0.4, -0.2) is 17.3 Å². The fraction of sp³-hybridized carbons (Fsp3) is 0.0625. The Balaban J connectivity index is 2.35. The molecule has 112 valence electrons. The number of aromatic hydroxyl groups is 2. The minimum Gasteiger partial charge on any atom is -0.504 e. The second-order valence-corrected chi connectivity index (χ2v) is 4.61. The second-order valence-electron chi connectivity index (χ2n) is 4.61. The third-order valence-electron chi connectivity index (χ3n) is 3.27. The fourth-order valence-corrected chi connectivity index (χ4v) is 2.27. The van der Waals surface area contributed by atoms with E-state index < -0.39 is 17.0 Å². The van der Waals surface area contributed by atoms with Gasteiger partial charge in [0.1, 0.15) is 22.5 Å². The number of methoxy groups -OCH3 is 1. The average Bonchev–Trinajstić information content (AvgIpc) is 2.47. The molecule has 0 amide bonds. The van der Waals surface area contributed by atoms with E-state index >= 15 is 0 Å². The van der Waals surface area contributed by atoms with Crippen molar-refractivity contribution in [2.75, 3.05) is 7.11 Å². The summed E-state index contributed by atoms with van der Waals surface area (Å²) in [5.41, 5.74) is -0.534. The van der Waals surface area contributed by atoms with E-state index in [1.807, 2.05) is 0 Å². The molecule has 22 heavy (non-hydrogen) atoms. The topological polar surface area (TPSA) is 79.9 Å². The zero-order valence-corrected chi connectivity index (χ0v) is 11.5. The van der Waals surface area contributed by atoms with Crippen LogP contribution in [0.4, 0.5) is 4.39 Å². The van der Waals surface area contributed by atoms with Gasteiger partial charge in [0.15, 0.2) is 16.9 Å². The van der Waals surface area contributed by atoms with Gasteiger partial charge in [0, 0.05) is 12.1 Å². The van der Waals surface area contributed by atoms with Crippen LogP contribution in [-0.2, 0) is 0 Å². The molecule has 0 saturated heterocycles. The maximum absolute atomic E-state index is 13.8. The van der Waals surface area contributed by atoms with E-state index in [2.05, 4.69) is 0 Å². The van der Waals surface area contributed by atoms with Crippen LogP contribution in [0.5, 0.6) is 17.2 Å². The van der Waals surface area contributed by atoms with Gasteiger partial charge < -0.3 is 19.4 Å². The van der Waals surface area contributed by atoms with Gasteiger partial charge in [-0.05, 0) is 12.1 Å². The lowest BCUT2D eigenvalue weighted by Crippen LogP contribution is -2.02. The van der Waals surface area contributed by atoms with Gasteiger partial charge in [-0.1, -0.05) is 12.1 Å². The normalized spacial score (nSPS) is 10.8. The van der Waals surface area contributed by atoms with Crippen LogP contribution in [0.25, 0.3) is 22.3 Å². The number of ether oxygens (including phenoxy) is 1. The summed E-state index contributed by atoms with van der Waals surface area (Å²) in [4.78, 5) is 12.2. The first-order chi connectivity index (χ1) is 10.5. The van der Waals surface area contributed by atoms with E-state index in [4.69, 9.17) is 9.15 Å². The quantitative estimate of drug-likeness (QED) is 0.760. The van der Waals surface area contributed by atoms with E-state index in [0.717, 1.165) is 12.1 Å². The van der Waals surface area contributed by atoms with Gasteiger partial charge in [0.2, 0.25) is 5.75 Å². The smallest absolute Gasteiger partial charge is 0.203 e. The zero-order chi connectivity index (χ0) is 15.9. The molecule has 6 heteroatoms. The van der Waals surface area contributed by atoms with Crippen LogP contribution in [0.15, 0.2) is 45.6 Å². The fourth-order valence-electron chi connectivity index (χ4n) is 2.27.